The first-order chi connectivity index (χ1) is 16.9. The number of rotatable bonds is 9. The smallest absolute Gasteiger partial charge is 0.251 e. The van der Waals surface area contributed by atoms with Crippen LogP contribution in [0, 0.1) is 5.82 Å². The van der Waals surface area contributed by atoms with Crippen molar-refractivity contribution in [3.8, 4) is 11.3 Å². The summed E-state index contributed by atoms with van der Waals surface area (Å²) in [5.41, 5.74) is 1.93. The zero-order valence-corrected chi connectivity index (χ0v) is 19.2. The molecule has 1 saturated heterocycles. The van der Waals surface area contributed by atoms with Gasteiger partial charge in [-0.2, -0.15) is 0 Å². The average Bonchev–Trinajstić information content (AvgIpc) is 2.83. The van der Waals surface area contributed by atoms with Gasteiger partial charge in [-0.05, 0) is 42.8 Å². The van der Waals surface area contributed by atoms with Crippen LogP contribution >= 0.6 is 0 Å². The van der Waals surface area contributed by atoms with E-state index in [0.717, 1.165) is 5.56 Å². The Morgan fingerprint density at radius 2 is 1.97 bits per heavy atom. The molecule has 1 fully saturated rings. The van der Waals surface area contributed by atoms with Crippen LogP contribution < -0.4 is 10.6 Å². The molecule has 0 radical (unpaired) electrons. The summed E-state index contributed by atoms with van der Waals surface area (Å²) in [7, 11) is 0. The lowest BCUT2D eigenvalue weighted by Crippen LogP contribution is -2.60. The maximum Gasteiger partial charge on any atom is 0.251 e. The molecule has 1 aromatic carbocycles. The van der Waals surface area contributed by atoms with Crippen LogP contribution in [-0.4, -0.2) is 63.7 Å². The van der Waals surface area contributed by atoms with E-state index >= 15 is 0 Å². The molecule has 1 aliphatic heterocycles. The van der Waals surface area contributed by atoms with Crippen molar-refractivity contribution in [3.05, 3.63) is 71.8 Å². The molecule has 3 heterocycles. The Morgan fingerprint density at radius 1 is 1.14 bits per heavy atom. The molecule has 0 aliphatic carbocycles. The molecule has 3 aromatic rings. The Bertz CT molecular complexity index is 1180. The second kappa shape index (κ2) is 11.0. The second-order valence-electron chi connectivity index (χ2n) is 8.43. The monoisotopic (exact) mass is 480 g/mol. The van der Waals surface area contributed by atoms with Gasteiger partial charge in [0.15, 0.2) is 0 Å². The van der Waals surface area contributed by atoms with E-state index < -0.39 is 12.0 Å². The minimum absolute atomic E-state index is 0.00149. The number of nitrogens with zero attached hydrogens (tertiary/aromatic N) is 4. The highest BCUT2D eigenvalue weighted by Crippen LogP contribution is 2.19. The highest BCUT2D eigenvalue weighted by Gasteiger charge is 2.29. The standard InChI is InChI=1S/C25H26F2N6O2/c1-16(34)33-14-20(15-33)30-25(35)18-5-2-4-17(12-18)22-7-8-24(32-31-22)29-11-9-19(26)13-23-21(27)6-3-10-28-23/h2-8,10,12,19-20H,9,11,13-15H2,1H3,(H,29,32)(H,30,35)/t19-/m0/s1. The van der Waals surface area contributed by atoms with Crippen LogP contribution in [0.5, 0.6) is 0 Å². The van der Waals surface area contributed by atoms with Crippen molar-refractivity contribution in [3.63, 3.8) is 0 Å². The van der Waals surface area contributed by atoms with Crippen molar-refractivity contribution < 1.29 is 18.4 Å². The zero-order chi connectivity index (χ0) is 24.8. The van der Waals surface area contributed by atoms with E-state index in [2.05, 4.69) is 25.8 Å². The Labute approximate surface area is 201 Å². The number of likely N-dealkylation sites (tertiary alicyclic amines) is 1. The number of carbonyl (C=O) groups excluding carboxylic acids is 2. The first-order valence-corrected chi connectivity index (χ1v) is 11.4. The van der Waals surface area contributed by atoms with Gasteiger partial charge in [-0.1, -0.05) is 12.1 Å². The van der Waals surface area contributed by atoms with E-state index in [1.807, 2.05) is 6.07 Å². The van der Waals surface area contributed by atoms with E-state index in [1.54, 1.807) is 35.2 Å². The number of carbonyl (C=O) groups is 2. The molecule has 2 aromatic heterocycles. The molecule has 1 atom stereocenters. The van der Waals surface area contributed by atoms with Gasteiger partial charge in [0.2, 0.25) is 5.91 Å². The fraction of sp³-hybridized carbons (Fsp3) is 0.320. The molecule has 1 aliphatic rings. The highest BCUT2D eigenvalue weighted by atomic mass is 19.1. The van der Waals surface area contributed by atoms with Crippen LogP contribution in [0.3, 0.4) is 0 Å². The fourth-order valence-corrected chi connectivity index (χ4v) is 3.73. The number of amides is 2. The summed E-state index contributed by atoms with van der Waals surface area (Å²) in [5, 5.41) is 14.3. The van der Waals surface area contributed by atoms with E-state index in [-0.39, 0.29) is 36.4 Å². The number of alkyl halides is 1. The Balaban J connectivity index is 1.27. The molecule has 0 saturated carbocycles. The number of hydrogen-bond acceptors (Lipinski definition) is 6. The van der Waals surface area contributed by atoms with Crippen LogP contribution in [0.2, 0.25) is 0 Å². The summed E-state index contributed by atoms with van der Waals surface area (Å²) in [6.07, 6.45) is 0.291. The summed E-state index contributed by atoms with van der Waals surface area (Å²) in [5.74, 6) is -0.233. The van der Waals surface area contributed by atoms with Crippen molar-refractivity contribution >= 4 is 17.6 Å². The van der Waals surface area contributed by atoms with Crippen LogP contribution in [-0.2, 0) is 11.2 Å². The number of pyridine rings is 1. The number of anilines is 1. The van der Waals surface area contributed by atoms with Gasteiger partial charge < -0.3 is 15.5 Å². The number of aromatic nitrogens is 3. The first-order valence-electron chi connectivity index (χ1n) is 11.4. The van der Waals surface area contributed by atoms with E-state index in [0.29, 0.717) is 36.7 Å². The number of nitrogens with one attached hydrogen (secondary N) is 2. The van der Waals surface area contributed by atoms with E-state index in [4.69, 9.17) is 0 Å². The van der Waals surface area contributed by atoms with Gasteiger partial charge in [-0.3, -0.25) is 14.6 Å². The Kier molecular flexibility index (Phi) is 7.59. The van der Waals surface area contributed by atoms with Gasteiger partial charge in [-0.15, -0.1) is 10.2 Å². The third-order valence-corrected chi connectivity index (χ3v) is 5.76. The maximum absolute atomic E-state index is 14.2. The molecule has 2 amide bonds. The number of benzene rings is 1. The van der Waals surface area contributed by atoms with Gasteiger partial charge in [0.05, 0.1) is 17.4 Å². The van der Waals surface area contributed by atoms with Crippen LogP contribution in [0.4, 0.5) is 14.6 Å². The average molecular weight is 481 g/mol. The molecular weight excluding hydrogens is 454 g/mol. The summed E-state index contributed by atoms with van der Waals surface area (Å²) in [6.45, 7) is 2.85. The van der Waals surface area contributed by atoms with Gasteiger partial charge in [0, 0.05) is 50.3 Å². The fourth-order valence-electron chi connectivity index (χ4n) is 3.73. The lowest BCUT2D eigenvalue weighted by atomic mass is 10.1. The lowest BCUT2D eigenvalue weighted by molar-refractivity contribution is -0.133. The maximum atomic E-state index is 14.2. The molecule has 0 spiro atoms. The van der Waals surface area contributed by atoms with Gasteiger partial charge in [0.1, 0.15) is 17.8 Å². The van der Waals surface area contributed by atoms with Crippen molar-refractivity contribution in [2.75, 3.05) is 25.0 Å². The van der Waals surface area contributed by atoms with Gasteiger partial charge in [-0.25, -0.2) is 8.78 Å². The summed E-state index contributed by atoms with van der Waals surface area (Å²) in [4.78, 5) is 29.4. The third kappa shape index (κ3) is 6.34. The van der Waals surface area contributed by atoms with Crippen molar-refractivity contribution in [2.45, 2.75) is 32.0 Å². The van der Waals surface area contributed by atoms with Crippen molar-refractivity contribution in [2.24, 2.45) is 0 Å². The Morgan fingerprint density at radius 3 is 2.69 bits per heavy atom. The van der Waals surface area contributed by atoms with Crippen molar-refractivity contribution in [1.82, 2.24) is 25.4 Å². The van der Waals surface area contributed by atoms with E-state index in [1.165, 1.54) is 25.3 Å². The summed E-state index contributed by atoms with van der Waals surface area (Å²) < 4.78 is 27.8. The zero-order valence-electron chi connectivity index (χ0n) is 19.2. The van der Waals surface area contributed by atoms with Crippen molar-refractivity contribution in [1.29, 1.82) is 0 Å². The van der Waals surface area contributed by atoms with Crippen LogP contribution in [0.15, 0.2) is 54.7 Å². The minimum atomic E-state index is -1.24. The lowest BCUT2D eigenvalue weighted by Gasteiger charge is -2.38. The molecule has 0 unspecified atom stereocenters. The van der Waals surface area contributed by atoms with Gasteiger partial charge in [0.25, 0.3) is 5.91 Å². The first kappa shape index (κ1) is 24.2. The molecule has 10 heteroatoms. The highest BCUT2D eigenvalue weighted by molar-refractivity contribution is 5.95. The molecule has 4 rings (SSSR count). The number of hydrogen-bond donors (Lipinski definition) is 2. The quantitative estimate of drug-likeness (QED) is 0.489. The molecule has 0 bridgehead atoms. The van der Waals surface area contributed by atoms with Gasteiger partial charge >= 0.3 is 0 Å². The Hall–Kier alpha value is -3.95. The largest absolute Gasteiger partial charge is 0.368 e. The molecular formula is C25H26F2N6O2. The third-order valence-electron chi connectivity index (χ3n) is 5.76. The molecule has 2 N–H and O–H groups in total. The molecule has 35 heavy (non-hydrogen) atoms. The second-order valence-corrected chi connectivity index (χ2v) is 8.43. The SMILES string of the molecule is CC(=O)N1CC(NC(=O)c2cccc(-c3ccc(NCC[C@H](F)Cc4ncccc4F)nn3)c2)C1. The summed E-state index contributed by atoms with van der Waals surface area (Å²) >= 11 is 0. The topological polar surface area (TPSA) is 100 Å². The predicted octanol–water partition coefficient (Wildman–Crippen LogP) is 3.02. The predicted molar refractivity (Wildman–Crippen MR) is 127 cm³/mol. The van der Waals surface area contributed by atoms with E-state index in [9.17, 15) is 18.4 Å². The normalized spacial score (nSPS) is 14.2. The number of halogens is 2. The van der Waals surface area contributed by atoms with Crippen LogP contribution in [0.1, 0.15) is 29.4 Å². The minimum Gasteiger partial charge on any atom is -0.368 e. The molecule has 8 nitrogen and oxygen atoms in total. The van der Waals surface area contributed by atoms with Crippen LogP contribution in [0.25, 0.3) is 11.3 Å². The summed E-state index contributed by atoms with van der Waals surface area (Å²) in [6, 6.07) is 13.2. The molecule has 182 valence electrons.